The van der Waals surface area contributed by atoms with Crippen molar-refractivity contribution >= 4 is 29.2 Å². The van der Waals surface area contributed by atoms with E-state index in [1.54, 1.807) is 23.1 Å². The van der Waals surface area contributed by atoms with E-state index in [0.29, 0.717) is 5.92 Å². The van der Waals surface area contributed by atoms with Crippen LogP contribution in [-0.4, -0.2) is 40.4 Å². The van der Waals surface area contributed by atoms with E-state index < -0.39 is 5.60 Å². The summed E-state index contributed by atoms with van der Waals surface area (Å²) in [6.45, 7) is 7.33. The Morgan fingerprint density at radius 1 is 1.60 bits per heavy atom. The van der Waals surface area contributed by atoms with Gasteiger partial charge in [0.2, 0.25) is 0 Å². The van der Waals surface area contributed by atoms with E-state index in [1.807, 2.05) is 37.2 Å². The maximum absolute atomic E-state index is 12.1. The number of rotatable bonds is 3. The smallest absolute Gasteiger partial charge is 0.410 e. The second-order valence-corrected chi connectivity index (χ2v) is 8.21. The van der Waals surface area contributed by atoms with Gasteiger partial charge in [-0.3, -0.25) is 0 Å². The fraction of sp³-hybridized carbons (Fsp3) is 0.714. The maximum atomic E-state index is 12.1. The fourth-order valence-electron chi connectivity index (χ4n) is 2.16. The summed E-state index contributed by atoms with van der Waals surface area (Å²) in [5.41, 5.74) is -0.417. The van der Waals surface area contributed by atoms with Crippen molar-refractivity contribution < 1.29 is 9.53 Å². The molecule has 20 heavy (non-hydrogen) atoms. The van der Waals surface area contributed by atoms with E-state index >= 15 is 0 Å². The van der Waals surface area contributed by atoms with Crippen LogP contribution in [-0.2, 0) is 4.74 Å². The third-order valence-electron chi connectivity index (χ3n) is 3.02. The SMILES string of the molecule is CC(C)(C)OC(=O)N1CCCC(CSc2nccs2)C1. The monoisotopic (exact) mass is 314 g/mol. The third kappa shape index (κ3) is 4.98. The summed E-state index contributed by atoms with van der Waals surface area (Å²) in [4.78, 5) is 18.2. The van der Waals surface area contributed by atoms with Gasteiger partial charge >= 0.3 is 6.09 Å². The lowest BCUT2D eigenvalue weighted by molar-refractivity contribution is 0.0177. The normalized spacial score (nSPS) is 19.9. The Bertz CT molecular complexity index is 429. The van der Waals surface area contributed by atoms with Gasteiger partial charge in [-0.25, -0.2) is 9.78 Å². The van der Waals surface area contributed by atoms with Crippen molar-refractivity contribution in [3.63, 3.8) is 0 Å². The number of ether oxygens (including phenoxy) is 1. The van der Waals surface area contributed by atoms with Gasteiger partial charge in [-0.05, 0) is 39.5 Å². The summed E-state index contributed by atoms with van der Waals surface area (Å²) >= 11 is 3.46. The Morgan fingerprint density at radius 3 is 3.05 bits per heavy atom. The molecule has 1 aromatic heterocycles. The fourth-order valence-corrected chi connectivity index (χ4v) is 3.95. The number of aromatic nitrogens is 1. The minimum absolute atomic E-state index is 0.179. The number of hydrogen-bond donors (Lipinski definition) is 0. The Balaban J connectivity index is 1.80. The van der Waals surface area contributed by atoms with Crippen molar-refractivity contribution in [1.29, 1.82) is 0 Å². The summed E-state index contributed by atoms with van der Waals surface area (Å²) in [7, 11) is 0. The number of hydrogen-bond acceptors (Lipinski definition) is 5. The first-order valence-electron chi connectivity index (χ1n) is 6.94. The molecular formula is C14H22N2O2S2. The van der Waals surface area contributed by atoms with Crippen molar-refractivity contribution in [2.75, 3.05) is 18.8 Å². The van der Waals surface area contributed by atoms with Gasteiger partial charge in [-0.1, -0.05) is 11.8 Å². The first-order chi connectivity index (χ1) is 9.44. The molecule has 6 heteroatoms. The molecule has 0 spiro atoms. The zero-order valence-electron chi connectivity index (χ0n) is 12.3. The molecule has 1 aliphatic rings. The highest BCUT2D eigenvalue weighted by molar-refractivity contribution is 8.01. The molecule has 1 saturated heterocycles. The summed E-state index contributed by atoms with van der Waals surface area (Å²) in [5, 5.41) is 2.00. The molecule has 1 aromatic rings. The highest BCUT2D eigenvalue weighted by Gasteiger charge is 2.27. The number of thiazole rings is 1. The van der Waals surface area contributed by atoms with Gasteiger partial charge in [0.25, 0.3) is 0 Å². The van der Waals surface area contributed by atoms with Crippen molar-refractivity contribution in [3.8, 4) is 0 Å². The van der Waals surface area contributed by atoms with Gasteiger partial charge in [0, 0.05) is 30.4 Å². The number of carbonyl (C=O) groups is 1. The second-order valence-electron chi connectivity index (χ2n) is 6.04. The molecule has 0 aliphatic carbocycles. The predicted octanol–water partition coefficient (Wildman–Crippen LogP) is 3.88. The Morgan fingerprint density at radius 2 is 2.40 bits per heavy atom. The van der Waals surface area contributed by atoms with Crippen LogP contribution in [0, 0.1) is 5.92 Å². The molecule has 0 aromatic carbocycles. The molecule has 0 radical (unpaired) electrons. The molecule has 1 fully saturated rings. The van der Waals surface area contributed by atoms with E-state index in [0.717, 1.165) is 29.6 Å². The minimum atomic E-state index is -0.417. The van der Waals surface area contributed by atoms with Crippen LogP contribution >= 0.6 is 23.1 Å². The largest absolute Gasteiger partial charge is 0.444 e. The van der Waals surface area contributed by atoms with Crippen LogP contribution in [0.25, 0.3) is 0 Å². The topological polar surface area (TPSA) is 42.4 Å². The van der Waals surface area contributed by atoms with E-state index in [2.05, 4.69) is 4.98 Å². The second kappa shape index (κ2) is 6.80. The van der Waals surface area contributed by atoms with E-state index in [-0.39, 0.29) is 6.09 Å². The average molecular weight is 314 g/mol. The lowest BCUT2D eigenvalue weighted by Gasteiger charge is -2.33. The predicted molar refractivity (Wildman–Crippen MR) is 83.4 cm³/mol. The van der Waals surface area contributed by atoms with Crippen LogP contribution in [0.5, 0.6) is 0 Å². The molecule has 1 atom stereocenters. The lowest BCUT2D eigenvalue weighted by Crippen LogP contribution is -2.43. The highest BCUT2D eigenvalue weighted by atomic mass is 32.2. The van der Waals surface area contributed by atoms with E-state index in [9.17, 15) is 4.79 Å². The van der Waals surface area contributed by atoms with E-state index in [4.69, 9.17) is 4.74 Å². The van der Waals surface area contributed by atoms with Crippen molar-refractivity contribution in [3.05, 3.63) is 11.6 Å². The zero-order chi connectivity index (χ0) is 14.6. The number of nitrogens with zero attached hydrogens (tertiary/aromatic N) is 2. The molecule has 2 heterocycles. The first-order valence-corrected chi connectivity index (χ1v) is 8.81. The number of carbonyl (C=O) groups excluding carboxylic acids is 1. The molecule has 0 bridgehead atoms. The lowest BCUT2D eigenvalue weighted by atomic mass is 10.0. The van der Waals surface area contributed by atoms with Crippen molar-refractivity contribution in [1.82, 2.24) is 9.88 Å². The highest BCUT2D eigenvalue weighted by Crippen LogP contribution is 2.27. The molecule has 2 rings (SSSR count). The van der Waals surface area contributed by atoms with Crippen LogP contribution < -0.4 is 0 Å². The number of amides is 1. The zero-order valence-corrected chi connectivity index (χ0v) is 13.9. The summed E-state index contributed by atoms with van der Waals surface area (Å²) in [6, 6.07) is 0. The molecule has 1 amide bonds. The molecule has 0 saturated carbocycles. The van der Waals surface area contributed by atoms with Gasteiger partial charge in [0.05, 0.1) is 0 Å². The molecule has 0 N–H and O–H groups in total. The van der Waals surface area contributed by atoms with Gasteiger partial charge < -0.3 is 9.64 Å². The standard InChI is InChI=1S/C14H22N2O2S2/c1-14(2,3)18-13(17)16-7-4-5-11(9-16)10-20-12-15-6-8-19-12/h6,8,11H,4-5,7,9-10H2,1-3H3. The molecular weight excluding hydrogens is 292 g/mol. The van der Waals surface area contributed by atoms with E-state index in [1.165, 1.54) is 6.42 Å². The number of likely N-dealkylation sites (tertiary alicyclic amines) is 1. The average Bonchev–Trinajstić information content (AvgIpc) is 2.88. The first kappa shape index (κ1) is 15.6. The van der Waals surface area contributed by atoms with Crippen LogP contribution in [0.15, 0.2) is 15.9 Å². The molecule has 112 valence electrons. The van der Waals surface area contributed by atoms with Crippen LogP contribution in [0.1, 0.15) is 33.6 Å². The number of thioether (sulfide) groups is 1. The third-order valence-corrected chi connectivity index (χ3v) is 5.22. The Labute approximate surface area is 128 Å². The molecule has 1 aliphatic heterocycles. The van der Waals surface area contributed by atoms with Crippen LogP contribution in [0.4, 0.5) is 4.79 Å². The quantitative estimate of drug-likeness (QED) is 0.794. The van der Waals surface area contributed by atoms with Gasteiger partial charge in [-0.2, -0.15) is 0 Å². The van der Waals surface area contributed by atoms with Crippen LogP contribution in [0.3, 0.4) is 0 Å². The van der Waals surface area contributed by atoms with Gasteiger partial charge in [0.1, 0.15) is 9.94 Å². The molecule has 4 nitrogen and oxygen atoms in total. The molecule has 1 unspecified atom stereocenters. The van der Waals surface area contributed by atoms with Gasteiger partial charge in [-0.15, -0.1) is 11.3 Å². The minimum Gasteiger partial charge on any atom is -0.444 e. The van der Waals surface area contributed by atoms with Crippen molar-refractivity contribution in [2.24, 2.45) is 5.92 Å². The Hall–Kier alpha value is -0.750. The maximum Gasteiger partial charge on any atom is 0.410 e. The Kier molecular flexibility index (Phi) is 5.32. The summed E-state index contributed by atoms with van der Waals surface area (Å²) in [6.07, 6.45) is 3.89. The van der Waals surface area contributed by atoms with Gasteiger partial charge in [0.15, 0.2) is 0 Å². The number of piperidine rings is 1. The summed E-state index contributed by atoms with van der Waals surface area (Å²) < 4.78 is 6.56. The van der Waals surface area contributed by atoms with Crippen molar-refractivity contribution in [2.45, 2.75) is 43.6 Å². The summed E-state index contributed by atoms with van der Waals surface area (Å²) in [5.74, 6) is 1.55. The van der Waals surface area contributed by atoms with Crippen LogP contribution in [0.2, 0.25) is 0 Å².